The minimum atomic E-state index is 0.319. The van der Waals surface area contributed by atoms with Gasteiger partial charge >= 0.3 is 0 Å². The van der Waals surface area contributed by atoms with Crippen molar-refractivity contribution >= 4 is 0 Å². The summed E-state index contributed by atoms with van der Waals surface area (Å²) < 4.78 is 7.38. The van der Waals surface area contributed by atoms with Gasteiger partial charge in [-0.25, -0.2) is 4.68 Å². The second-order valence-electron chi connectivity index (χ2n) is 6.07. The van der Waals surface area contributed by atoms with Crippen molar-refractivity contribution in [2.24, 2.45) is 0 Å². The average molecular weight is 325 g/mol. The largest absolute Gasteiger partial charge is 0.339 e. The van der Waals surface area contributed by atoms with Crippen LogP contribution in [0.2, 0.25) is 0 Å². The number of aryl methyl sites for hydroxylation is 1. The Balaban J connectivity index is 1.82. The molecule has 24 heavy (non-hydrogen) atoms. The van der Waals surface area contributed by atoms with Crippen LogP contribution in [0.5, 0.6) is 0 Å². The molecule has 1 N–H and O–H groups in total. The van der Waals surface area contributed by atoms with Gasteiger partial charge < -0.3 is 9.84 Å². The summed E-state index contributed by atoms with van der Waals surface area (Å²) in [6.45, 7) is 6.18. The van der Waals surface area contributed by atoms with E-state index in [0.717, 1.165) is 34.9 Å². The maximum absolute atomic E-state index is 5.41. The number of nitrogens with zero attached hydrogens (tertiary/aromatic N) is 4. The highest BCUT2D eigenvalue weighted by Gasteiger charge is 2.17. The van der Waals surface area contributed by atoms with E-state index in [1.807, 2.05) is 49.0 Å². The Labute approximate surface area is 141 Å². The van der Waals surface area contributed by atoms with Gasteiger partial charge in [0.25, 0.3) is 0 Å². The standard InChI is InChI=1S/C18H23N5O/c1-12(19-4)10-17-20-18(24-22-17)11-16-13(2)21-23(14(16)3)15-8-6-5-7-9-15/h5-9,12,19H,10-11H2,1-4H3. The van der Waals surface area contributed by atoms with Crippen molar-refractivity contribution in [1.82, 2.24) is 25.2 Å². The molecule has 0 aliphatic heterocycles. The predicted octanol–water partition coefficient (Wildman–Crippen LogP) is 2.61. The lowest BCUT2D eigenvalue weighted by Gasteiger charge is -2.05. The molecule has 1 aromatic carbocycles. The maximum atomic E-state index is 5.41. The van der Waals surface area contributed by atoms with E-state index in [1.54, 1.807) is 0 Å². The van der Waals surface area contributed by atoms with Gasteiger partial charge in [-0.15, -0.1) is 0 Å². The van der Waals surface area contributed by atoms with Crippen LogP contribution in [0.1, 0.15) is 35.6 Å². The van der Waals surface area contributed by atoms with E-state index in [-0.39, 0.29) is 0 Å². The van der Waals surface area contributed by atoms with Crippen LogP contribution in [-0.2, 0) is 12.8 Å². The Bertz CT molecular complexity index is 806. The van der Waals surface area contributed by atoms with E-state index in [0.29, 0.717) is 18.4 Å². The Morgan fingerprint density at radius 3 is 2.67 bits per heavy atom. The third-order valence-corrected chi connectivity index (χ3v) is 4.26. The van der Waals surface area contributed by atoms with Crippen LogP contribution >= 0.6 is 0 Å². The highest BCUT2D eigenvalue weighted by atomic mass is 16.5. The quantitative estimate of drug-likeness (QED) is 0.754. The van der Waals surface area contributed by atoms with Crippen molar-refractivity contribution in [2.45, 2.75) is 39.7 Å². The molecule has 0 bridgehead atoms. The molecule has 1 unspecified atom stereocenters. The summed E-state index contributed by atoms with van der Waals surface area (Å²) in [6, 6.07) is 10.4. The molecule has 3 aromatic rings. The minimum Gasteiger partial charge on any atom is -0.339 e. The first-order valence-electron chi connectivity index (χ1n) is 8.17. The lowest BCUT2D eigenvalue weighted by atomic mass is 10.1. The lowest BCUT2D eigenvalue weighted by Crippen LogP contribution is -2.24. The summed E-state index contributed by atoms with van der Waals surface area (Å²) in [4.78, 5) is 4.50. The molecule has 0 spiro atoms. The van der Waals surface area contributed by atoms with E-state index >= 15 is 0 Å². The van der Waals surface area contributed by atoms with Crippen molar-refractivity contribution in [3.8, 4) is 5.69 Å². The monoisotopic (exact) mass is 325 g/mol. The molecule has 0 radical (unpaired) electrons. The number of nitrogens with one attached hydrogen (secondary N) is 1. The molecular weight excluding hydrogens is 302 g/mol. The fourth-order valence-electron chi connectivity index (χ4n) is 2.72. The number of rotatable bonds is 6. The second-order valence-corrected chi connectivity index (χ2v) is 6.07. The van der Waals surface area contributed by atoms with E-state index in [4.69, 9.17) is 4.52 Å². The Morgan fingerprint density at radius 1 is 1.21 bits per heavy atom. The summed E-state index contributed by atoms with van der Waals surface area (Å²) >= 11 is 0. The molecule has 3 rings (SSSR count). The summed E-state index contributed by atoms with van der Waals surface area (Å²) in [5, 5.41) is 11.9. The second kappa shape index (κ2) is 6.97. The van der Waals surface area contributed by atoms with E-state index in [2.05, 4.69) is 34.4 Å². The fraction of sp³-hybridized carbons (Fsp3) is 0.389. The van der Waals surface area contributed by atoms with Gasteiger partial charge in [-0.05, 0) is 40.0 Å². The summed E-state index contributed by atoms with van der Waals surface area (Å²) in [5.74, 6) is 1.37. The number of para-hydroxylation sites is 1. The molecule has 2 heterocycles. The lowest BCUT2D eigenvalue weighted by molar-refractivity contribution is 0.377. The molecule has 6 nitrogen and oxygen atoms in total. The van der Waals surface area contributed by atoms with Crippen LogP contribution < -0.4 is 5.32 Å². The van der Waals surface area contributed by atoms with Crippen molar-refractivity contribution in [1.29, 1.82) is 0 Å². The third-order valence-electron chi connectivity index (χ3n) is 4.26. The van der Waals surface area contributed by atoms with Crippen LogP contribution in [-0.4, -0.2) is 33.0 Å². The predicted molar refractivity (Wildman–Crippen MR) is 92.4 cm³/mol. The van der Waals surface area contributed by atoms with Gasteiger partial charge in [-0.2, -0.15) is 10.1 Å². The Kier molecular flexibility index (Phi) is 4.76. The van der Waals surface area contributed by atoms with Crippen LogP contribution in [0.25, 0.3) is 5.69 Å². The number of hydrogen-bond acceptors (Lipinski definition) is 5. The number of likely N-dealkylation sites (N-methyl/N-ethyl adjacent to an activating group) is 1. The van der Waals surface area contributed by atoms with Crippen LogP contribution in [0.3, 0.4) is 0 Å². The molecule has 0 saturated carbocycles. The molecule has 6 heteroatoms. The van der Waals surface area contributed by atoms with Gasteiger partial charge in [-0.3, -0.25) is 0 Å². The number of hydrogen-bond donors (Lipinski definition) is 1. The fourth-order valence-corrected chi connectivity index (χ4v) is 2.72. The molecule has 1 atom stereocenters. The molecule has 126 valence electrons. The molecule has 0 aliphatic carbocycles. The highest BCUT2D eigenvalue weighted by Crippen LogP contribution is 2.20. The van der Waals surface area contributed by atoms with Gasteiger partial charge in [0.05, 0.1) is 17.8 Å². The zero-order chi connectivity index (χ0) is 17.1. The Morgan fingerprint density at radius 2 is 1.96 bits per heavy atom. The first-order valence-corrected chi connectivity index (χ1v) is 8.17. The molecule has 0 aliphatic rings. The summed E-state index contributed by atoms with van der Waals surface area (Å²) in [7, 11) is 1.93. The third kappa shape index (κ3) is 3.38. The van der Waals surface area contributed by atoms with E-state index in [9.17, 15) is 0 Å². The number of aromatic nitrogens is 4. The Hall–Kier alpha value is -2.47. The van der Waals surface area contributed by atoms with Gasteiger partial charge in [0, 0.05) is 23.7 Å². The molecule has 0 amide bonds. The molecule has 0 saturated heterocycles. The summed E-state index contributed by atoms with van der Waals surface area (Å²) in [6.07, 6.45) is 1.35. The summed E-state index contributed by atoms with van der Waals surface area (Å²) in [5.41, 5.74) is 4.27. The zero-order valence-electron chi connectivity index (χ0n) is 14.6. The van der Waals surface area contributed by atoms with Crippen LogP contribution in [0.4, 0.5) is 0 Å². The van der Waals surface area contributed by atoms with Crippen LogP contribution in [0.15, 0.2) is 34.9 Å². The van der Waals surface area contributed by atoms with Gasteiger partial charge in [0.15, 0.2) is 5.82 Å². The minimum absolute atomic E-state index is 0.319. The highest BCUT2D eigenvalue weighted by molar-refractivity contribution is 5.37. The van der Waals surface area contributed by atoms with Gasteiger partial charge in [0.2, 0.25) is 5.89 Å². The number of benzene rings is 1. The first kappa shape index (κ1) is 16.4. The SMILES string of the molecule is CNC(C)Cc1noc(Cc2c(C)nn(-c3ccccc3)c2C)n1. The van der Waals surface area contributed by atoms with E-state index < -0.39 is 0 Å². The topological polar surface area (TPSA) is 68.8 Å². The maximum Gasteiger partial charge on any atom is 0.231 e. The zero-order valence-corrected chi connectivity index (χ0v) is 14.6. The van der Waals surface area contributed by atoms with Gasteiger partial charge in [-0.1, -0.05) is 23.4 Å². The van der Waals surface area contributed by atoms with Crippen molar-refractivity contribution < 1.29 is 4.52 Å². The smallest absolute Gasteiger partial charge is 0.231 e. The van der Waals surface area contributed by atoms with Crippen molar-refractivity contribution in [3.05, 3.63) is 59.0 Å². The molecular formula is C18H23N5O. The van der Waals surface area contributed by atoms with Gasteiger partial charge in [0.1, 0.15) is 0 Å². The average Bonchev–Trinajstić information content (AvgIpc) is 3.15. The van der Waals surface area contributed by atoms with Crippen molar-refractivity contribution in [3.63, 3.8) is 0 Å². The first-order chi connectivity index (χ1) is 11.6. The van der Waals surface area contributed by atoms with Crippen LogP contribution in [0, 0.1) is 13.8 Å². The van der Waals surface area contributed by atoms with Crippen molar-refractivity contribution in [2.75, 3.05) is 7.05 Å². The van der Waals surface area contributed by atoms with E-state index in [1.165, 1.54) is 0 Å². The molecule has 2 aromatic heterocycles. The molecule has 0 fully saturated rings. The normalized spacial score (nSPS) is 12.5.